The Morgan fingerprint density at radius 1 is 1.15 bits per heavy atom. The van der Waals surface area contributed by atoms with Crippen molar-refractivity contribution >= 4 is 27.7 Å². The fraction of sp³-hybridized carbons (Fsp3) is 0.158. The lowest BCUT2D eigenvalue weighted by Gasteiger charge is -2.09. The fourth-order valence-corrected chi connectivity index (χ4v) is 2.80. The summed E-state index contributed by atoms with van der Waals surface area (Å²) >= 11 is 3.31. The average molecular weight is 438 g/mol. The van der Waals surface area contributed by atoms with Gasteiger partial charge >= 0.3 is 6.18 Å². The molecule has 0 radical (unpaired) electrons. The Balaban J connectivity index is 1.75. The van der Waals surface area contributed by atoms with Gasteiger partial charge in [0.1, 0.15) is 0 Å². The highest BCUT2D eigenvalue weighted by Gasteiger charge is 2.30. The highest BCUT2D eigenvalue weighted by molar-refractivity contribution is 9.10. The maximum Gasteiger partial charge on any atom is 0.416 e. The van der Waals surface area contributed by atoms with Crippen LogP contribution in [0.15, 0.2) is 59.1 Å². The van der Waals surface area contributed by atoms with Crippen molar-refractivity contribution in [1.29, 1.82) is 0 Å². The maximum atomic E-state index is 12.8. The Kier molecular flexibility index (Phi) is 5.36. The Morgan fingerprint density at radius 2 is 1.85 bits per heavy atom. The number of nitrogens with one attached hydrogen (secondary N) is 1. The smallest absolute Gasteiger partial charge is 0.305 e. The van der Waals surface area contributed by atoms with Gasteiger partial charge in [-0.05, 0) is 48.9 Å². The van der Waals surface area contributed by atoms with Crippen molar-refractivity contribution in [1.82, 2.24) is 9.78 Å². The van der Waals surface area contributed by atoms with E-state index in [0.29, 0.717) is 16.9 Å². The number of hydrogen-bond acceptors (Lipinski definition) is 2. The number of carbonyl (C=O) groups is 1. The molecule has 0 aliphatic heterocycles. The first-order valence-electron chi connectivity index (χ1n) is 8.00. The van der Waals surface area contributed by atoms with Gasteiger partial charge in [0.25, 0.3) is 5.91 Å². The summed E-state index contributed by atoms with van der Waals surface area (Å²) < 4.78 is 40.9. The summed E-state index contributed by atoms with van der Waals surface area (Å²) in [4.78, 5) is 12.3. The van der Waals surface area contributed by atoms with Crippen molar-refractivity contribution in [3.8, 4) is 0 Å². The minimum absolute atomic E-state index is 0.171. The third-order valence-electron chi connectivity index (χ3n) is 3.92. The number of aromatic nitrogens is 2. The van der Waals surface area contributed by atoms with Crippen LogP contribution >= 0.6 is 15.9 Å². The van der Waals surface area contributed by atoms with E-state index in [1.54, 1.807) is 48.0 Å². The molecule has 0 spiro atoms. The summed E-state index contributed by atoms with van der Waals surface area (Å²) in [6.45, 7) is 1.94. The molecule has 0 saturated carbocycles. The zero-order valence-electron chi connectivity index (χ0n) is 14.2. The van der Waals surface area contributed by atoms with Gasteiger partial charge in [-0.15, -0.1) is 0 Å². The number of halogens is 4. The van der Waals surface area contributed by atoms with Crippen LogP contribution in [-0.4, -0.2) is 15.7 Å². The van der Waals surface area contributed by atoms with Crippen molar-refractivity contribution in [3.05, 3.63) is 81.5 Å². The Hall–Kier alpha value is -2.61. The molecule has 1 aromatic heterocycles. The summed E-state index contributed by atoms with van der Waals surface area (Å²) in [5.41, 5.74) is 0.970. The molecule has 1 amide bonds. The zero-order chi connectivity index (χ0) is 19.6. The number of rotatable bonds is 4. The minimum atomic E-state index is -4.39. The molecule has 0 aliphatic carbocycles. The Morgan fingerprint density at radius 3 is 2.52 bits per heavy atom. The maximum absolute atomic E-state index is 12.8. The molecule has 140 valence electrons. The molecule has 3 rings (SSSR count). The molecule has 8 heteroatoms. The van der Waals surface area contributed by atoms with Gasteiger partial charge in [0.2, 0.25) is 0 Å². The van der Waals surface area contributed by atoms with Gasteiger partial charge in [0, 0.05) is 21.8 Å². The largest absolute Gasteiger partial charge is 0.416 e. The molecule has 4 nitrogen and oxygen atoms in total. The molecule has 0 bridgehead atoms. The van der Waals surface area contributed by atoms with E-state index in [4.69, 9.17) is 0 Å². The molecule has 3 aromatic rings. The second-order valence-electron chi connectivity index (χ2n) is 5.99. The molecule has 0 atom stereocenters. The molecule has 1 N–H and O–H groups in total. The van der Waals surface area contributed by atoms with E-state index in [9.17, 15) is 18.0 Å². The van der Waals surface area contributed by atoms with E-state index in [-0.39, 0.29) is 12.5 Å². The van der Waals surface area contributed by atoms with Crippen LogP contribution in [0.2, 0.25) is 0 Å². The van der Waals surface area contributed by atoms with E-state index in [1.165, 1.54) is 6.07 Å². The lowest BCUT2D eigenvalue weighted by Crippen LogP contribution is -2.13. The van der Waals surface area contributed by atoms with Crippen LogP contribution in [0.3, 0.4) is 0 Å². The van der Waals surface area contributed by atoms with Gasteiger partial charge in [-0.1, -0.05) is 28.1 Å². The Bertz CT molecular complexity index is 965. The molecule has 0 unspecified atom stereocenters. The summed E-state index contributed by atoms with van der Waals surface area (Å²) in [6.07, 6.45) is -4.39. The van der Waals surface area contributed by atoms with Crippen molar-refractivity contribution in [3.63, 3.8) is 0 Å². The summed E-state index contributed by atoms with van der Waals surface area (Å²) in [6, 6.07) is 13.6. The normalized spacial score (nSPS) is 11.4. The van der Waals surface area contributed by atoms with Gasteiger partial charge in [-0.2, -0.15) is 18.3 Å². The fourth-order valence-electron chi connectivity index (χ4n) is 2.54. The molecule has 0 saturated heterocycles. The van der Waals surface area contributed by atoms with Crippen LogP contribution in [0.4, 0.5) is 19.0 Å². The highest BCUT2D eigenvalue weighted by atomic mass is 79.9. The van der Waals surface area contributed by atoms with Crippen molar-refractivity contribution in [2.75, 3.05) is 5.32 Å². The second-order valence-corrected chi connectivity index (χ2v) is 6.90. The molecule has 2 aromatic carbocycles. The van der Waals surface area contributed by atoms with Crippen LogP contribution in [0, 0.1) is 6.92 Å². The SMILES string of the molecule is Cc1cc(NC(=O)c2ccc(Br)cc2)nn1Cc1cccc(C(F)(F)F)c1. The van der Waals surface area contributed by atoms with Crippen LogP contribution < -0.4 is 5.32 Å². The lowest BCUT2D eigenvalue weighted by molar-refractivity contribution is -0.137. The first-order chi connectivity index (χ1) is 12.7. The van der Waals surface area contributed by atoms with Crippen molar-refractivity contribution < 1.29 is 18.0 Å². The molecule has 0 fully saturated rings. The van der Waals surface area contributed by atoms with E-state index >= 15 is 0 Å². The number of amides is 1. The topological polar surface area (TPSA) is 46.9 Å². The second kappa shape index (κ2) is 7.56. The summed E-state index contributed by atoms with van der Waals surface area (Å²) in [5.74, 6) is 0.0265. The molecular weight excluding hydrogens is 423 g/mol. The quantitative estimate of drug-likeness (QED) is 0.603. The first kappa shape index (κ1) is 19.2. The monoisotopic (exact) mass is 437 g/mol. The lowest BCUT2D eigenvalue weighted by atomic mass is 10.1. The number of hydrogen-bond donors (Lipinski definition) is 1. The van der Waals surface area contributed by atoms with Gasteiger partial charge in [-0.25, -0.2) is 0 Å². The molecule has 1 heterocycles. The van der Waals surface area contributed by atoms with Gasteiger partial charge < -0.3 is 5.32 Å². The number of alkyl halides is 3. The zero-order valence-corrected chi connectivity index (χ0v) is 15.8. The number of nitrogens with zero attached hydrogens (tertiary/aromatic N) is 2. The van der Waals surface area contributed by atoms with Crippen LogP contribution in [0.1, 0.15) is 27.2 Å². The highest BCUT2D eigenvalue weighted by Crippen LogP contribution is 2.29. The standard InChI is InChI=1S/C19H15BrF3N3O/c1-12-9-17(24-18(27)14-5-7-16(20)8-6-14)25-26(12)11-13-3-2-4-15(10-13)19(21,22)23/h2-10H,11H2,1H3,(H,24,25,27). The number of aryl methyl sites for hydroxylation is 1. The van der Waals surface area contributed by atoms with Gasteiger partial charge in [0.15, 0.2) is 5.82 Å². The predicted molar refractivity (Wildman–Crippen MR) is 99.6 cm³/mol. The summed E-state index contributed by atoms with van der Waals surface area (Å²) in [5, 5.41) is 6.97. The van der Waals surface area contributed by atoms with E-state index in [2.05, 4.69) is 26.3 Å². The predicted octanol–water partition coefficient (Wildman–Crippen LogP) is 5.27. The minimum Gasteiger partial charge on any atom is -0.305 e. The Labute approximate surface area is 162 Å². The molecule has 27 heavy (non-hydrogen) atoms. The van der Waals surface area contributed by atoms with Crippen molar-refractivity contribution in [2.24, 2.45) is 0 Å². The number of carbonyl (C=O) groups excluding carboxylic acids is 1. The molecular formula is C19H15BrF3N3O. The third-order valence-corrected chi connectivity index (χ3v) is 4.44. The number of anilines is 1. The first-order valence-corrected chi connectivity index (χ1v) is 8.79. The third kappa shape index (κ3) is 4.77. The van der Waals surface area contributed by atoms with E-state index in [1.807, 2.05) is 0 Å². The molecule has 0 aliphatic rings. The van der Waals surface area contributed by atoms with Crippen LogP contribution in [-0.2, 0) is 12.7 Å². The van der Waals surface area contributed by atoms with Crippen molar-refractivity contribution in [2.45, 2.75) is 19.6 Å². The van der Waals surface area contributed by atoms with Gasteiger partial charge in [0.05, 0.1) is 12.1 Å². The number of benzene rings is 2. The van der Waals surface area contributed by atoms with E-state index < -0.39 is 11.7 Å². The van der Waals surface area contributed by atoms with Gasteiger partial charge in [-0.3, -0.25) is 9.48 Å². The summed E-state index contributed by atoms with van der Waals surface area (Å²) in [7, 11) is 0. The van der Waals surface area contributed by atoms with Crippen LogP contribution in [0.25, 0.3) is 0 Å². The van der Waals surface area contributed by atoms with Crippen LogP contribution in [0.5, 0.6) is 0 Å². The van der Waals surface area contributed by atoms with E-state index in [0.717, 1.165) is 22.3 Å². The average Bonchev–Trinajstić information content (AvgIpc) is 2.94.